The lowest BCUT2D eigenvalue weighted by Gasteiger charge is -2.22. The van der Waals surface area contributed by atoms with E-state index in [9.17, 15) is 0 Å². The van der Waals surface area contributed by atoms with Gasteiger partial charge in [0.2, 0.25) is 0 Å². The molecule has 1 aliphatic rings. The fraction of sp³-hybridized carbons (Fsp3) is 0.368. The van der Waals surface area contributed by atoms with E-state index in [0.717, 1.165) is 30.8 Å². The van der Waals surface area contributed by atoms with Crippen molar-refractivity contribution in [3.8, 4) is 17.2 Å². The van der Waals surface area contributed by atoms with Crippen molar-refractivity contribution in [2.24, 2.45) is 0 Å². The molecule has 0 radical (unpaired) electrons. The molecule has 1 atom stereocenters. The molecule has 1 N–H and O–H groups in total. The van der Waals surface area contributed by atoms with Crippen LogP contribution in [0.1, 0.15) is 22.6 Å². The molecule has 3 rings (SSSR count). The van der Waals surface area contributed by atoms with E-state index in [1.807, 2.05) is 12.1 Å². The van der Waals surface area contributed by atoms with Crippen molar-refractivity contribution in [1.82, 2.24) is 5.32 Å². The van der Waals surface area contributed by atoms with Crippen LogP contribution in [-0.2, 0) is 6.42 Å². The molecule has 25 heavy (non-hydrogen) atoms. The highest BCUT2D eigenvalue weighted by Gasteiger charge is 2.26. The minimum absolute atomic E-state index is 0. The Balaban J connectivity index is 0.00000225. The highest BCUT2D eigenvalue weighted by molar-refractivity contribution is 8.93. The highest BCUT2D eigenvalue weighted by atomic mass is 79.9. The van der Waals surface area contributed by atoms with Crippen molar-refractivity contribution >= 4 is 28.6 Å². The molecule has 1 aliphatic heterocycles. The quantitative estimate of drug-likeness (QED) is 0.791. The minimum atomic E-state index is 0. The van der Waals surface area contributed by atoms with E-state index in [1.165, 1.54) is 11.1 Å². The Morgan fingerprint density at radius 1 is 1.08 bits per heavy atom. The summed E-state index contributed by atoms with van der Waals surface area (Å²) in [6.45, 7) is 1.72. The summed E-state index contributed by atoms with van der Waals surface area (Å²) in [5.74, 6) is 2.29. The van der Waals surface area contributed by atoms with Crippen molar-refractivity contribution < 1.29 is 14.2 Å². The third kappa shape index (κ3) is 3.89. The molecule has 0 amide bonds. The van der Waals surface area contributed by atoms with Gasteiger partial charge in [-0.05, 0) is 47.9 Å². The number of nitrogens with one attached hydrogen (secondary N) is 1. The van der Waals surface area contributed by atoms with Gasteiger partial charge in [-0.15, -0.1) is 17.0 Å². The monoisotopic (exact) mass is 427 g/mol. The lowest BCUT2D eigenvalue weighted by molar-refractivity contribution is 0.354. The summed E-state index contributed by atoms with van der Waals surface area (Å²) >= 11 is 6.64. The fourth-order valence-corrected chi connectivity index (χ4v) is 3.67. The Bertz CT molecular complexity index is 739. The molecule has 1 heterocycles. The van der Waals surface area contributed by atoms with Gasteiger partial charge in [-0.25, -0.2) is 0 Å². The van der Waals surface area contributed by atoms with Crippen LogP contribution < -0.4 is 19.5 Å². The van der Waals surface area contributed by atoms with E-state index in [4.69, 9.17) is 25.8 Å². The zero-order chi connectivity index (χ0) is 17.1. The average molecular weight is 429 g/mol. The summed E-state index contributed by atoms with van der Waals surface area (Å²) in [7, 11) is 4.93. The second-order valence-electron chi connectivity index (χ2n) is 5.78. The number of ether oxygens (including phenoxy) is 3. The van der Waals surface area contributed by atoms with Crippen LogP contribution in [-0.4, -0.2) is 34.4 Å². The van der Waals surface area contributed by atoms with Crippen molar-refractivity contribution in [3.63, 3.8) is 0 Å². The van der Waals surface area contributed by atoms with Crippen molar-refractivity contribution in [2.45, 2.75) is 12.3 Å². The van der Waals surface area contributed by atoms with Crippen LogP contribution in [0.3, 0.4) is 0 Å². The summed E-state index contributed by atoms with van der Waals surface area (Å²) in [6.07, 6.45) is 0.856. The van der Waals surface area contributed by atoms with Crippen molar-refractivity contribution in [1.29, 1.82) is 0 Å². The van der Waals surface area contributed by atoms with Gasteiger partial charge >= 0.3 is 0 Å². The van der Waals surface area contributed by atoms with Crippen LogP contribution >= 0.6 is 28.6 Å². The van der Waals surface area contributed by atoms with Crippen LogP contribution in [0, 0.1) is 0 Å². The molecular weight excluding hydrogens is 406 g/mol. The topological polar surface area (TPSA) is 39.7 Å². The van der Waals surface area contributed by atoms with E-state index in [1.54, 1.807) is 21.3 Å². The first-order valence-corrected chi connectivity index (χ1v) is 8.35. The summed E-state index contributed by atoms with van der Waals surface area (Å²) in [4.78, 5) is 0. The molecule has 0 saturated carbocycles. The number of rotatable bonds is 4. The van der Waals surface area contributed by atoms with Gasteiger partial charge in [-0.3, -0.25) is 0 Å². The van der Waals surface area contributed by atoms with Crippen LogP contribution in [0.25, 0.3) is 0 Å². The number of hydrogen-bond acceptors (Lipinski definition) is 4. The number of methoxy groups -OCH3 is 3. The first-order valence-electron chi connectivity index (χ1n) is 7.97. The largest absolute Gasteiger partial charge is 0.497 e. The standard InChI is InChI=1S/C19H22ClNO3.BrH/c1-22-13-6-4-5-12(9-13)16-11-21-8-7-14-15(16)10-17(23-2)19(24-3)18(14)20;/h4-6,9-10,16,21H,7-8,11H2,1-3H3;1H. The molecule has 0 aliphatic carbocycles. The molecule has 0 fully saturated rings. The molecular formula is C19H23BrClNO3. The molecule has 1 unspecified atom stereocenters. The van der Waals surface area contributed by atoms with E-state index >= 15 is 0 Å². The maximum atomic E-state index is 6.64. The zero-order valence-corrected chi connectivity index (χ0v) is 17.1. The average Bonchev–Trinajstić information content (AvgIpc) is 2.84. The smallest absolute Gasteiger partial charge is 0.179 e. The Labute approximate surface area is 164 Å². The fourth-order valence-electron chi connectivity index (χ4n) is 3.30. The molecule has 6 heteroatoms. The maximum absolute atomic E-state index is 6.64. The molecule has 0 bridgehead atoms. The summed E-state index contributed by atoms with van der Waals surface area (Å²) in [5, 5.41) is 4.14. The lowest BCUT2D eigenvalue weighted by atomic mass is 9.87. The molecule has 0 aromatic heterocycles. The number of fused-ring (bicyclic) bond motifs is 1. The molecule has 136 valence electrons. The Morgan fingerprint density at radius 2 is 1.88 bits per heavy atom. The summed E-state index contributed by atoms with van der Waals surface area (Å²) in [6, 6.07) is 10.2. The minimum Gasteiger partial charge on any atom is -0.497 e. The van der Waals surface area contributed by atoms with Gasteiger partial charge in [0.05, 0.1) is 26.4 Å². The van der Waals surface area contributed by atoms with E-state index in [0.29, 0.717) is 16.5 Å². The van der Waals surface area contributed by atoms with Crippen LogP contribution in [0.4, 0.5) is 0 Å². The Hall–Kier alpha value is -1.43. The molecule has 0 spiro atoms. The first-order chi connectivity index (χ1) is 11.7. The predicted molar refractivity (Wildman–Crippen MR) is 106 cm³/mol. The molecule has 2 aromatic rings. The van der Waals surface area contributed by atoms with Crippen LogP contribution in [0.5, 0.6) is 17.2 Å². The van der Waals surface area contributed by atoms with Crippen molar-refractivity contribution in [2.75, 3.05) is 34.4 Å². The second kappa shape index (κ2) is 8.79. The van der Waals surface area contributed by atoms with Crippen LogP contribution in [0.15, 0.2) is 30.3 Å². The normalized spacial score (nSPS) is 16.2. The molecule has 2 aromatic carbocycles. The van der Waals surface area contributed by atoms with Gasteiger partial charge in [0.1, 0.15) is 5.75 Å². The third-order valence-corrected chi connectivity index (χ3v) is 4.92. The van der Waals surface area contributed by atoms with Gasteiger partial charge in [-0.2, -0.15) is 0 Å². The third-order valence-electron chi connectivity index (χ3n) is 4.52. The van der Waals surface area contributed by atoms with E-state index in [-0.39, 0.29) is 22.9 Å². The van der Waals surface area contributed by atoms with E-state index < -0.39 is 0 Å². The molecule has 0 saturated heterocycles. The summed E-state index contributed by atoms with van der Waals surface area (Å²) < 4.78 is 16.3. The van der Waals surface area contributed by atoms with Gasteiger partial charge in [-0.1, -0.05) is 23.7 Å². The predicted octanol–water partition coefficient (Wildman–Crippen LogP) is 4.22. The van der Waals surface area contributed by atoms with Gasteiger partial charge in [0.15, 0.2) is 11.5 Å². The lowest BCUT2D eigenvalue weighted by Crippen LogP contribution is -2.20. The summed E-state index contributed by atoms with van der Waals surface area (Å²) in [5.41, 5.74) is 3.48. The van der Waals surface area contributed by atoms with E-state index in [2.05, 4.69) is 23.5 Å². The number of benzene rings is 2. The van der Waals surface area contributed by atoms with Gasteiger partial charge in [0.25, 0.3) is 0 Å². The Morgan fingerprint density at radius 3 is 2.56 bits per heavy atom. The number of hydrogen-bond donors (Lipinski definition) is 1. The molecule has 4 nitrogen and oxygen atoms in total. The number of halogens is 2. The second-order valence-corrected chi connectivity index (χ2v) is 6.16. The highest BCUT2D eigenvalue weighted by Crippen LogP contribution is 2.44. The SMILES string of the molecule is Br.COc1cccc(C2CNCCc3c2cc(OC)c(OC)c3Cl)c1. The van der Waals surface area contributed by atoms with Crippen molar-refractivity contribution in [3.05, 3.63) is 52.0 Å². The zero-order valence-electron chi connectivity index (χ0n) is 14.6. The van der Waals surface area contributed by atoms with Crippen LogP contribution in [0.2, 0.25) is 5.02 Å². The maximum Gasteiger partial charge on any atom is 0.179 e. The van der Waals surface area contributed by atoms with Gasteiger partial charge in [0, 0.05) is 12.5 Å². The first kappa shape index (κ1) is 19.9. The van der Waals surface area contributed by atoms with Gasteiger partial charge < -0.3 is 19.5 Å². The Kier molecular flexibility index (Phi) is 6.99.